The van der Waals surface area contributed by atoms with Crippen molar-refractivity contribution in [1.29, 1.82) is 0 Å². The molecule has 5 aromatic carbocycles. The molecule has 5 aromatic rings. The molecule has 29 heavy (non-hydrogen) atoms. The van der Waals surface area contributed by atoms with E-state index in [9.17, 15) is 0 Å². The molecule has 0 aromatic heterocycles. The summed E-state index contributed by atoms with van der Waals surface area (Å²) in [7, 11) is 1.99. The summed E-state index contributed by atoms with van der Waals surface area (Å²) in [4.78, 5) is 0. The average Bonchev–Trinajstić information content (AvgIpc) is 2.77. The molecule has 0 saturated heterocycles. The molecule has 0 fully saturated rings. The molecule has 0 spiro atoms. The van der Waals surface area contributed by atoms with Gasteiger partial charge >= 0.3 is 0 Å². The van der Waals surface area contributed by atoms with Crippen molar-refractivity contribution in [3.05, 3.63) is 103 Å². The van der Waals surface area contributed by atoms with Gasteiger partial charge in [0, 0.05) is 12.6 Å². The van der Waals surface area contributed by atoms with E-state index in [2.05, 4.69) is 79.4 Å². The second kappa shape index (κ2) is 7.06. The van der Waals surface area contributed by atoms with Crippen molar-refractivity contribution in [2.24, 2.45) is 5.10 Å². The molecule has 0 heterocycles. The van der Waals surface area contributed by atoms with Gasteiger partial charge in [0.15, 0.2) is 0 Å². The smallest absolute Gasteiger partial charge is 0.0625 e. The van der Waals surface area contributed by atoms with E-state index in [1.807, 2.05) is 30.4 Å². The molecule has 0 bridgehead atoms. The molecule has 0 atom stereocenters. The van der Waals surface area contributed by atoms with Gasteiger partial charge in [-0.15, -0.1) is 6.58 Å². The van der Waals surface area contributed by atoms with Crippen LogP contribution in [0.15, 0.2) is 96.6 Å². The number of anilines is 1. The Hall–Kier alpha value is -3.65. The molecule has 0 aliphatic heterocycles. The van der Waals surface area contributed by atoms with E-state index in [-0.39, 0.29) is 0 Å². The van der Waals surface area contributed by atoms with Gasteiger partial charge in [0.25, 0.3) is 0 Å². The van der Waals surface area contributed by atoms with Crippen LogP contribution in [0.4, 0.5) is 5.69 Å². The molecule has 5 rings (SSSR count). The summed E-state index contributed by atoms with van der Waals surface area (Å²) < 4.78 is 0. The predicted molar refractivity (Wildman–Crippen MR) is 126 cm³/mol. The maximum Gasteiger partial charge on any atom is 0.0625 e. The minimum atomic E-state index is 0.828. The summed E-state index contributed by atoms with van der Waals surface area (Å²) in [5.74, 6) is 0. The Labute approximate surface area is 170 Å². The van der Waals surface area contributed by atoms with Crippen molar-refractivity contribution in [2.45, 2.75) is 6.42 Å². The first kappa shape index (κ1) is 17.4. The van der Waals surface area contributed by atoms with Gasteiger partial charge in [-0.25, -0.2) is 0 Å². The molecule has 140 valence electrons. The first-order chi connectivity index (χ1) is 14.3. The lowest BCUT2D eigenvalue weighted by molar-refractivity contribution is 1.01. The third-order valence-electron chi connectivity index (χ3n) is 5.64. The van der Waals surface area contributed by atoms with E-state index in [1.54, 1.807) is 0 Å². The molecular formula is C27H22N2. The van der Waals surface area contributed by atoms with Crippen LogP contribution in [-0.4, -0.2) is 13.3 Å². The monoisotopic (exact) mass is 374 g/mol. The number of hydrazone groups is 1. The van der Waals surface area contributed by atoms with Crippen LogP contribution in [0.1, 0.15) is 11.1 Å². The Bertz CT molecular complexity index is 1350. The SMILES string of the molecule is C=CCc1ccccc1N(C)N=Cc1ccc2ccc3cccc4ccc1c2c34. The van der Waals surface area contributed by atoms with Crippen LogP contribution >= 0.6 is 0 Å². The Morgan fingerprint density at radius 3 is 2.28 bits per heavy atom. The van der Waals surface area contributed by atoms with E-state index in [4.69, 9.17) is 5.10 Å². The van der Waals surface area contributed by atoms with Gasteiger partial charge in [-0.2, -0.15) is 5.10 Å². The zero-order valence-corrected chi connectivity index (χ0v) is 16.5. The van der Waals surface area contributed by atoms with Gasteiger partial charge < -0.3 is 0 Å². The van der Waals surface area contributed by atoms with E-state index < -0.39 is 0 Å². The van der Waals surface area contributed by atoms with Crippen LogP contribution in [0.2, 0.25) is 0 Å². The number of rotatable bonds is 5. The Kier molecular flexibility index (Phi) is 4.25. The van der Waals surface area contributed by atoms with Gasteiger partial charge in [0.05, 0.1) is 11.9 Å². The summed E-state index contributed by atoms with van der Waals surface area (Å²) in [6.07, 6.45) is 4.72. The van der Waals surface area contributed by atoms with Gasteiger partial charge in [-0.3, -0.25) is 5.01 Å². The summed E-state index contributed by atoms with van der Waals surface area (Å²) in [6, 6.07) is 28.0. The summed E-state index contributed by atoms with van der Waals surface area (Å²) in [6.45, 7) is 3.87. The molecular weight excluding hydrogens is 352 g/mol. The van der Waals surface area contributed by atoms with Crippen molar-refractivity contribution in [3.63, 3.8) is 0 Å². The lowest BCUT2D eigenvalue weighted by Gasteiger charge is -2.17. The minimum absolute atomic E-state index is 0.828. The zero-order valence-electron chi connectivity index (χ0n) is 16.5. The molecule has 0 aliphatic carbocycles. The maximum atomic E-state index is 4.76. The molecule has 0 unspecified atom stereocenters. The highest BCUT2D eigenvalue weighted by atomic mass is 15.4. The van der Waals surface area contributed by atoms with Gasteiger partial charge in [-0.05, 0) is 50.4 Å². The molecule has 2 nitrogen and oxygen atoms in total. The quantitative estimate of drug-likeness (QED) is 0.143. The second-order valence-electron chi connectivity index (χ2n) is 7.40. The van der Waals surface area contributed by atoms with E-state index in [1.165, 1.54) is 37.9 Å². The standard InChI is InChI=1S/C27H22N2/c1-3-7-19-8-4-5-11-25(19)29(2)28-18-23-15-14-22-13-12-20-9-6-10-21-16-17-24(23)27(22)26(20)21/h3-6,8-18H,1,7H2,2H3. The molecule has 0 N–H and O–H groups in total. The van der Waals surface area contributed by atoms with Crippen LogP contribution in [0.3, 0.4) is 0 Å². The van der Waals surface area contributed by atoms with Crippen LogP contribution in [-0.2, 0) is 6.42 Å². The average molecular weight is 374 g/mol. The Morgan fingerprint density at radius 1 is 0.793 bits per heavy atom. The van der Waals surface area contributed by atoms with E-state index in [0.29, 0.717) is 0 Å². The van der Waals surface area contributed by atoms with Crippen LogP contribution < -0.4 is 5.01 Å². The first-order valence-electron chi connectivity index (χ1n) is 9.89. The largest absolute Gasteiger partial charge is 0.268 e. The first-order valence-corrected chi connectivity index (χ1v) is 9.89. The fourth-order valence-electron chi connectivity index (χ4n) is 4.24. The molecule has 2 heteroatoms. The number of allylic oxidation sites excluding steroid dienone is 1. The summed E-state index contributed by atoms with van der Waals surface area (Å²) in [5, 5.41) is 14.4. The molecule has 0 aliphatic rings. The summed E-state index contributed by atoms with van der Waals surface area (Å²) in [5.41, 5.74) is 3.45. The topological polar surface area (TPSA) is 15.6 Å². The van der Waals surface area contributed by atoms with Crippen LogP contribution in [0.5, 0.6) is 0 Å². The normalized spacial score (nSPS) is 11.8. The highest BCUT2D eigenvalue weighted by Crippen LogP contribution is 2.35. The van der Waals surface area contributed by atoms with Gasteiger partial charge in [0.2, 0.25) is 0 Å². The number of hydrogen-bond acceptors (Lipinski definition) is 2. The van der Waals surface area contributed by atoms with Crippen molar-refractivity contribution in [3.8, 4) is 0 Å². The molecule has 0 saturated carbocycles. The lowest BCUT2D eigenvalue weighted by Crippen LogP contribution is -2.11. The lowest BCUT2D eigenvalue weighted by atomic mass is 9.92. The van der Waals surface area contributed by atoms with E-state index >= 15 is 0 Å². The van der Waals surface area contributed by atoms with Crippen LogP contribution in [0.25, 0.3) is 32.3 Å². The Balaban J connectivity index is 1.61. The highest BCUT2D eigenvalue weighted by molar-refractivity contribution is 6.25. The van der Waals surface area contributed by atoms with E-state index in [0.717, 1.165) is 17.7 Å². The third-order valence-corrected chi connectivity index (χ3v) is 5.64. The minimum Gasteiger partial charge on any atom is -0.268 e. The van der Waals surface area contributed by atoms with Crippen molar-refractivity contribution >= 4 is 44.2 Å². The highest BCUT2D eigenvalue weighted by Gasteiger charge is 2.10. The number of hydrogen-bond donors (Lipinski definition) is 0. The molecule has 0 radical (unpaired) electrons. The zero-order chi connectivity index (χ0) is 19.8. The Morgan fingerprint density at radius 2 is 1.48 bits per heavy atom. The maximum absolute atomic E-state index is 4.76. The van der Waals surface area contributed by atoms with Crippen molar-refractivity contribution in [1.82, 2.24) is 0 Å². The third kappa shape index (κ3) is 2.94. The number of para-hydroxylation sites is 1. The van der Waals surface area contributed by atoms with Gasteiger partial charge in [-0.1, -0.05) is 78.9 Å². The predicted octanol–water partition coefficient (Wildman–Crippen LogP) is 6.78. The van der Waals surface area contributed by atoms with Crippen molar-refractivity contribution in [2.75, 3.05) is 12.1 Å². The number of benzene rings is 5. The van der Waals surface area contributed by atoms with Gasteiger partial charge in [0.1, 0.15) is 0 Å². The fraction of sp³-hybridized carbons (Fsp3) is 0.0741. The van der Waals surface area contributed by atoms with Crippen molar-refractivity contribution < 1.29 is 0 Å². The second-order valence-corrected chi connectivity index (χ2v) is 7.40. The summed E-state index contributed by atoms with van der Waals surface area (Å²) >= 11 is 0. The van der Waals surface area contributed by atoms with Crippen LogP contribution in [0, 0.1) is 0 Å². The fourth-order valence-corrected chi connectivity index (χ4v) is 4.24. The molecule has 0 amide bonds. The number of nitrogens with zero attached hydrogens (tertiary/aromatic N) is 2.